The van der Waals surface area contributed by atoms with Gasteiger partial charge in [-0.15, -0.1) is 0 Å². The van der Waals surface area contributed by atoms with Gasteiger partial charge < -0.3 is 71.0 Å². The monoisotopic (exact) mass is 354 g/mol. The van der Waals surface area contributed by atoms with Crippen molar-refractivity contribution in [3.8, 4) is 0 Å². The molecule has 0 aliphatic heterocycles. The van der Waals surface area contributed by atoms with Crippen molar-refractivity contribution in [3.63, 3.8) is 0 Å². The zero-order valence-electron chi connectivity index (χ0n) is 6.54. The van der Waals surface area contributed by atoms with E-state index in [0.717, 1.165) is 0 Å². The summed E-state index contributed by atoms with van der Waals surface area (Å²) >= 11 is 0. The molecule has 0 saturated heterocycles. The first-order valence-electron chi connectivity index (χ1n) is 1.34. The Morgan fingerprint density at radius 3 is 0.357 bits per heavy atom. The largest absolute Gasteiger partial charge is 3.00 e. The molecule has 66 valence electrons. The van der Waals surface area contributed by atoms with Gasteiger partial charge in [0.25, 0.3) is 0 Å². The molecule has 0 aliphatic rings. The fourth-order valence-corrected chi connectivity index (χ4v) is 0. The molecule has 0 saturated carbocycles. The molecule has 0 aliphatic carbocycles. The molecule has 6 nitrogen and oxygen atoms in total. The van der Waals surface area contributed by atoms with E-state index >= 15 is 0 Å². The normalized spacial score (nSPS) is 0.857. The van der Waals surface area contributed by atoms with E-state index in [2.05, 4.69) is 0 Å². The average Bonchev–Trinajstić information content (AvgIpc) is 2.33. The van der Waals surface area contributed by atoms with Crippen LogP contribution < -0.4 is 0 Å². The molecule has 0 aromatic heterocycles. The molecule has 0 unspecified atom stereocenters. The van der Waals surface area contributed by atoms with Crippen LogP contribution in [-0.4, -0.2) is 0 Å². The van der Waals surface area contributed by atoms with Crippen LogP contribution in [0.2, 0.25) is 0 Å². The minimum absolute atomic E-state index is 0. The van der Waals surface area contributed by atoms with Crippen LogP contribution in [0, 0.1) is 112 Å². The molecule has 0 N–H and O–H groups in total. The van der Waals surface area contributed by atoms with Crippen molar-refractivity contribution >= 4 is 0 Å². The van der Waals surface area contributed by atoms with Crippen molar-refractivity contribution in [2.45, 2.75) is 0 Å². The summed E-state index contributed by atoms with van der Waals surface area (Å²) in [6.45, 7) is 28.5. The summed E-state index contributed by atoms with van der Waals surface area (Å²) in [5.41, 5.74) is 0. The van der Waals surface area contributed by atoms with E-state index in [-0.39, 0.29) is 57.9 Å². The fourth-order valence-electron chi connectivity index (χ4n) is 0. The number of rotatable bonds is 0. The zero-order chi connectivity index (χ0) is 12.0. The molecule has 2 radical (unpaired) electrons. The van der Waals surface area contributed by atoms with Crippen LogP contribution in [0.15, 0.2) is 0 Å². The van der Waals surface area contributed by atoms with E-state index in [1.807, 2.05) is 0 Å². The summed E-state index contributed by atoms with van der Waals surface area (Å²) < 4.78 is 0. The fraction of sp³-hybridized carbons (Fsp3) is 0. The van der Waals surface area contributed by atoms with Gasteiger partial charge in [0.15, 0.2) is 0 Å². The van der Waals surface area contributed by atoms with Crippen molar-refractivity contribution in [1.29, 1.82) is 31.6 Å². The molecule has 0 heterocycles. The Morgan fingerprint density at radius 1 is 0.357 bits per heavy atom. The van der Waals surface area contributed by atoms with Crippen molar-refractivity contribution < 1.29 is 57.9 Å². The van der Waals surface area contributed by atoms with E-state index in [9.17, 15) is 0 Å². The van der Waals surface area contributed by atoms with Gasteiger partial charge in [0.1, 0.15) is 0 Å². The summed E-state index contributed by atoms with van der Waals surface area (Å²) in [4.78, 5) is 0. The predicted octanol–water partition coefficient (Wildman–Crippen LogP) is 0.576. The minimum Gasteiger partial charge on any atom is -0.512 e. The van der Waals surface area contributed by atoms with Gasteiger partial charge in [-0.3, -0.25) is 0 Å². The number of hydrogen-bond donors (Lipinski definition) is 0. The predicted molar refractivity (Wildman–Crippen MR) is 29.8 cm³/mol. The number of hydrogen-bond acceptors (Lipinski definition) is 6. The Labute approximate surface area is 128 Å². The van der Waals surface area contributed by atoms with E-state index in [1.165, 1.54) is 0 Å². The van der Waals surface area contributed by atoms with Gasteiger partial charge in [0, 0.05) is 0 Å². The molecule has 0 aromatic carbocycles. The summed E-state index contributed by atoms with van der Waals surface area (Å²) in [7, 11) is 0. The Morgan fingerprint density at radius 2 is 0.357 bits per heavy atom. The molecular weight excluding hydrogens is 356 g/mol. The Bertz CT molecular complexity index is 97.3. The summed E-state index contributed by atoms with van der Waals surface area (Å²) in [6, 6.07) is 0. The molecule has 0 bridgehead atoms. The van der Waals surface area contributed by atoms with Gasteiger partial charge in [-0.25, -0.2) is 0 Å². The maximum atomic E-state index is 6.25. The van der Waals surface area contributed by atoms with Gasteiger partial charge in [-0.1, -0.05) is 0 Å². The third-order valence-corrected chi connectivity index (χ3v) is 0. The van der Waals surface area contributed by atoms with Crippen molar-refractivity contribution in [2.75, 3.05) is 0 Å². The van der Waals surface area contributed by atoms with E-state index < -0.39 is 0 Å². The third-order valence-electron chi connectivity index (χ3n) is 0. The first-order chi connectivity index (χ1) is 6.00. The SMILES string of the molecule is [C-]#N.[C-]#N.[C-]#N.[C-]#N.[C-]#N.[C-]#N.[Fe+3].[Nd+3]. The molecule has 14 heavy (non-hydrogen) atoms. The van der Waals surface area contributed by atoms with E-state index in [0.29, 0.717) is 0 Å². The van der Waals surface area contributed by atoms with E-state index in [4.69, 9.17) is 71.0 Å². The summed E-state index contributed by atoms with van der Waals surface area (Å²) in [6.07, 6.45) is 0. The topological polar surface area (TPSA) is 143 Å². The second kappa shape index (κ2) is 975. The van der Waals surface area contributed by atoms with Crippen molar-refractivity contribution in [2.24, 2.45) is 0 Å². The second-order valence-corrected chi connectivity index (χ2v) is 0. The van der Waals surface area contributed by atoms with Crippen molar-refractivity contribution in [3.05, 3.63) is 39.4 Å². The van der Waals surface area contributed by atoms with Gasteiger partial charge in [0.2, 0.25) is 0 Å². The van der Waals surface area contributed by atoms with Crippen molar-refractivity contribution in [1.82, 2.24) is 0 Å². The molecule has 0 spiro atoms. The Balaban J connectivity index is -0.00000000500. The van der Waals surface area contributed by atoms with Crippen LogP contribution >= 0.6 is 0 Å². The van der Waals surface area contributed by atoms with Crippen LogP contribution in [0.4, 0.5) is 0 Å². The molecule has 0 aromatic rings. The number of nitrogens with zero attached hydrogens (tertiary/aromatic N) is 6. The standard InChI is InChI=1S/6CN.Fe.Nd/c6*1-2;;/q6*-1;2*+3. The van der Waals surface area contributed by atoms with E-state index in [1.54, 1.807) is 0 Å². The first-order valence-corrected chi connectivity index (χ1v) is 1.34. The van der Waals surface area contributed by atoms with Gasteiger partial charge in [-0.05, 0) is 0 Å². The van der Waals surface area contributed by atoms with Crippen LogP contribution in [0.5, 0.6) is 0 Å². The smallest absolute Gasteiger partial charge is 0.512 e. The molecule has 0 rings (SSSR count). The molecule has 0 fully saturated rings. The zero-order valence-corrected chi connectivity index (χ0v) is 10.8. The molecular formula is C6FeN6Nd. The van der Waals surface area contributed by atoms with Gasteiger partial charge in [0.05, 0.1) is 0 Å². The summed E-state index contributed by atoms with van der Waals surface area (Å²) in [5.74, 6) is 0. The van der Waals surface area contributed by atoms with Crippen LogP contribution in [0.1, 0.15) is 0 Å². The molecule has 8 heteroatoms. The second-order valence-electron chi connectivity index (χ2n) is 0. The maximum Gasteiger partial charge on any atom is 3.00 e. The Kier molecular flexibility index (Phi) is 5380. The maximum absolute atomic E-state index is 6.25. The average molecular weight is 356 g/mol. The van der Waals surface area contributed by atoms with Crippen LogP contribution in [-0.2, 0) is 17.1 Å². The minimum atomic E-state index is 0. The first kappa shape index (κ1) is 77.2. The van der Waals surface area contributed by atoms with Gasteiger partial charge >= 0.3 is 57.9 Å². The van der Waals surface area contributed by atoms with Gasteiger partial charge in [-0.2, -0.15) is 0 Å². The van der Waals surface area contributed by atoms with Crippen LogP contribution in [0.3, 0.4) is 0 Å². The third kappa shape index (κ3) is 735. The summed E-state index contributed by atoms with van der Waals surface area (Å²) in [5, 5.41) is 37.5. The Hall–Kier alpha value is -1.19. The molecule has 0 atom stereocenters. The quantitative estimate of drug-likeness (QED) is 0.459. The molecule has 0 amide bonds. The van der Waals surface area contributed by atoms with Crippen LogP contribution in [0.25, 0.3) is 0 Å².